The van der Waals surface area contributed by atoms with Crippen molar-refractivity contribution in [3.8, 4) is 11.5 Å². The molecule has 0 saturated carbocycles. The van der Waals surface area contributed by atoms with Crippen LogP contribution >= 0.6 is 0 Å². The molecule has 2 rings (SSSR count). The van der Waals surface area contributed by atoms with E-state index in [2.05, 4.69) is 0 Å². The van der Waals surface area contributed by atoms with Crippen LogP contribution in [0.4, 0.5) is 5.69 Å². The van der Waals surface area contributed by atoms with E-state index in [1.54, 1.807) is 62.8 Å². The number of carbonyl (C=O) groups is 1. The third-order valence-corrected chi connectivity index (χ3v) is 3.14. The van der Waals surface area contributed by atoms with E-state index in [4.69, 9.17) is 15.2 Å². The van der Waals surface area contributed by atoms with Crippen molar-refractivity contribution in [1.29, 1.82) is 0 Å². The lowest BCUT2D eigenvalue weighted by Crippen LogP contribution is -2.00. The first kappa shape index (κ1) is 15.4. The number of nitrogens with two attached hydrogens (primary N) is 1. The van der Waals surface area contributed by atoms with Crippen LogP contribution < -0.4 is 15.2 Å². The number of carboxylic acids is 1. The number of rotatable bonds is 5. The molecule has 2 aromatic carbocycles. The first-order valence-electron chi connectivity index (χ1n) is 6.57. The summed E-state index contributed by atoms with van der Waals surface area (Å²) in [4.78, 5) is 11.5. The normalized spacial score (nSPS) is 11.1. The van der Waals surface area contributed by atoms with Crippen molar-refractivity contribution in [2.45, 2.75) is 0 Å². The topological polar surface area (TPSA) is 81.8 Å². The van der Waals surface area contributed by atoms with Crippen LogP contribution in [-0.2, 0) is 4.79 Å². The van der Waals surface area contributed by atoms with Crippen LogP contribution in [0.3, 0.4) is 0 Å². The molecule has 114 valence electrons. The molecule has 0 radical (unpaired) electrons. The number of benzene rings is 2. The number of methoxy groups -OCH3 is 2. The smallest absolute Gasteiger partial charge is 0.336 e. The minimum Gasteiger partial charge on any atom is -0.497 e. The molecule has 0 fully saturated rings. The van der Waals surface area contributed by atoms with Crippen LogP contribution in [0.15, 0.2) is 42.5 Å². The molecular weight excluding hydrogens is 282 g/mol. The highest BCUT2D eigenvalue weighted by Crippen LogP contribution is 2.26. The standard InChI is InChI=1S/C17H17NO4/c1-21-14-7-11(8-15(10-14)22-2)9-16(17(19)20)12-3-5-13(18)6-4-12/h3-10H,18H2,1-2H3,(H,19,20)/b16-9+. The van der Waals surface area contributed by atoms with Gasteiger partial charge in [-0.25, -0.2) is 4.79 Å². The van der Waals surface area contributed by atoms with Crippen molar-refractivity contribution in [1.82, 2.24) is 0 Å². The summed E-state index contributed by atoms with van der Waals surface area (Å²) in [5.74, 6) is 0.159. The molecule has 0 aliphatic rings. The summed E-state index contributed by atoms with van der Waals surface area (Å²) in [7, 11) is 3.08. The van der Waals surface area contributed by atoms with E-state index in [0.29, 0.717) is 28.3 Å². The van der Waals surface area contributed by atoms with Crippen LogP contribution in [0.25, 0.3) is 11.6 Å². The van der Waals surface area contributed by atoms with Crippen molar-refractivity contribution >= 4 is 23.3 Å². The maximum atomic E-state index is 11.5. The Morgan fingerprint density at radius 3 is 2.05 bits per heavy atom. The van der Waals surface area contributed by atoms with Crippen LogP contribution in [0, 0.1) is 0 Å². The zero-order valence-electron chi connectivity index (χ0n) is 12.4. The fourth-order valence-corrected chi connectivity index (χ4v) is 2.01. The van der Waals surface area contributed by atoms with E-state index in [-0.39, 0.29) is 5.57 Å². The molecule has 3 N–H and O–H groups in total. The van der Waals surface area contributed by atoms with E-state index in [9.17, 15) is 9.90 Å². The number of hydrogen-bond donors (Lipinski definition) is 2. The first-order valence-corrected chi connectivity index (χ1v) is 6.57. The summed E-state index contributed by atoms with van der Waals surface area (Å²) in [6.45, 7) is 0. The molecule has 5 heteroatoms. The van der Waals surface area contributed by atoms with E-state index in [0.717, 1.165) is 0 Å². The van der Waals surface area contributed by atoms with Gasteiger partial charge in [0.25, 0.3) is 0 Å². The second-order valence-electron chi connectivity index (χ2n) is 4.63. The highest BCUT2D eigenvalue weighted by molar-refractivity contribution is 6.20. The Morgan fingerprint density at radius 2 is 1.59 bits per heavy atom. The highest BCUT2D eigenvalue weighted by atomic mass is 16.5. The molecule has 0 amide bonds. The van der Waals surface area contributed by atoms with Gasteiger partial charge >= 0.3 is 5.97 Å². The van der Waals surface area contributed by atoms with Crippen LogP contribution in [0.2, 0.25) is 0 Å². The molecule has 2 aromatic rings. The predicted molar refractivity (Wildman–Crippen MR) is 85.9 cm³/mol. The minimum atomic E-state index is -1.02. The zero-order chi connectivity index (χ0) is 16.1. The molecule has 0 bridgehead atoms. The third kappa shape index (κ3) is 3.58. The van der Waals surface area contributed by atoms with Crippen LogP contribution in [-0.4, -0.2) is 25.3 Å². The van der Waals surface area contributed by atoms with Crippen molar-refractivity contribution in [3.63, 3.8) is 0 Å². The van der Waals surface area contributed by atoms with E-state index >= 15 is 0 Å². The Labute approximate surface area is 128 Å². The fraction of sp³-hybridized carbons (Fsp3) is 0.118. The van der Waals surface area contributed by atoms with E-state index in [1.165, 1.54) is 0 Å². The Bertz CT molecular complexity index is 683. The maximum Gasteiger partial charge on any atom is 0.336 e. The molecule has 22 heavy (non-hydrogen) atoms. The van der Waals surface area contributed by atoms with Crippen LogP contribution in [0.5, 0.6) is 11.5 Å². The van der Waals surface area contributed by atoms with Crippen LogP contribution in [0.1, 0.15) is 11.1 Å². The lowest BCUT2D eigenvalue weighted by molar-refractivity contribution is -0.130. The molecule has 0 aliphatic heterocycles. The highest BCUT2D eigenvalue weighted by Gasteiger charge is 2.11. The van der Waals surface area contributed by atoms with Gasteiger partial charge in [0.1, 0.15) is 11.5 Å². The summed E-state index contributed by atoms with van der Waals surface area (Å²) in [6.07, 6.45) is 1.57. The summed E-state index contributed by atoms with van der Waals surface area (Å²) in [5, 5.41) is 9.45. The second kappa shape index (κ2) is 6.67. The lowest BCUT2D eigenvalue weighted by atomic mass is 10.0. The predicted octanol–water partition coefficient (Wildman–Crippen LogP) is 2.91. The number of ether oxygens (including phenoxy) is 2. The van der Waals surface area contributed by atoms with Crippen molar-refractivity contribution in [2.24, 2.45) is 0 Å². The van der Waals surface area contributed by atoms with Gasteiger partial charge in [-0.3, -0.25) is 0 Å². The Hall–Kier alpha value is -2.95. The summed E-state index contributed by atoms with van der Waals surface area (Å²) in [6, 6.07) is 11.9. The molecule has 0 saturated heterocycles. The second-order valence-corrected chi connectivity index (χ2v) is 4.63. The van der Waals surface area contributed by atoms with Gasteiger partial charge in [0.05, 0.1) is 19.8 Å². The molecule has 0 aliphatic carbocycles. The Balaban J connectivity index is 2.50. The third-order valence-electron chi connectivity index (χ3n) is 3.14. The van der Waals surface area contributed by atoms with Gasteiger partial charge in [-0.05, 0) is 41.5 Å². The van der Waals surface area contributed by atoms with E-state index in [1.807, 2.05) is 0 Å². The molecule has 0 atom stereocenters. The van der Waals surface area contributed by atoms with Gasteiger partial charge in [-0.1, -0.05) is 12.1 Å². The summed E-state index contributed by atoms with van der Waals surface area (Å²) >= 11 is 0. The van der Waals surface area contributed by atoms with Gasteiger partial charge in [0.2, 0.25) is 0 Å². The molecule has 0 heterocycles. The average Bonchev–Trinajstić information content (AvgIpc) is 2.53. The van der Waals surface area contributed by atoms with Gasteiger partial charge in [0.15, 0.2) is 0 Å². The zero-order valence-corrected chi connectivity index (χ0v) is 12.4. The fourth-order valence-electron chi connectivity index (χ4n) is 2.01. The maximum absolute atomic E-state index is 11.5. The molecule has 0 spiro atoms. The van der Waals surface area contributed by atoms with Crippen molar-refractivity contribution < 1.29 is 19.4 Å². The SMILES string of the molecule is COc1cc(/C=C(/C(=O)O)c2ccc(N)cc2)cc(OC)c1. The van der Waals surface area contributed by atoms with E-state index < -0.39 is 5.97 Å². The molecule has 5 nitrogen and oxygen atoms in total. The molecule has 0 aromatic heterocycles. The van der Waals surface area contributed by atoms with Crippen molar-refractivity contribution in [3.05, 3.63) is 53.6 Å². The monoisotopic (exact) mass is 299 g/mol. The van der Waals surface area contributed by atoms with Gasteiger partial charge in [-0.15, -0.1) is 0 Å². The minimum absolute atomic E-state index is 0.162. The number of hydrogen-bond acceptors (Lipinski definition) is 4. The number of carboxylic acid groups (broad SMARTS) is 1. The van der Waals surface area contributed by atoms with Gasteiger partial charge in [0, 0.05) is 11.8 Å². The quantitative estimate of drug-likeness (QED) is 0.504. The summed E-state index contributed by atoms with van der Waals surface area (Å²) in [5.41, 5.74) is 7.62. The lowest BCUT2D eigenvalue weighted by Gasteiger charge is -2.08. The first-order chi connectivity index (χ1) is 10.5. The molecular formula is C17H17NO4. The number of anilines is 1. The summed E-state index contributed by atoms with van der Waals surface area (Å²) < 4.78 is 10.4. The largest absolute Gasteiger partial charge is 0.497 e. The van der Waals surface area contributed by atoms with Gasteiger partial charge < -0.3 is 20.3 Å². The Morgan fingerprint density at radius 1 is 1.05 bits per heavy atom. The number of nitrogen functional groups attached to an aromatic ring is 1. The number of aliphatic carboxylic acids is 1. The molecule has 0 unspecified atom stereocenters. The van der Waals surface area contributed by atoms with Gasteiger partial charge in [-0.2, -0.15) is 0 Å². The van der Waals surface area contributed by atoms with Crippen molar-refractivity contribution in [2.75, 3.05) is 20.0 Å². The average molecular weight is 299 g/mol. The Kier molecular flexibility index (Phi) is 4.68.